The number of fused-ring (bicyclic) bond motifs is 2. The van der Waals surface area contributed by atoms with Crippen molar-refractivity contribution in [3.05, 3.63) is 28.8 Å². The van der Waals surface area contributed by atoms with Gasteiger partial charge in [-0.05, 0) is 23.1 Å². The summed E-state index contributed by atoms with van der Waals surface area (Å²) in [4.78, 5) is 12.1. The molecular formula is C16H16O8S. The van der Waals surface area contributed by atoms with Crippen molar-refractivity contribution < 1.29 is 36.7 Å². The monoisotopic (exact) mass is 368 g/mol. The first-order valence-corrected chi connectivity index (χ1v) is 8.81. The van der Waals surface area contributed by atoms with E-state index in [-0.39, 0.29) is 23.5 Å². The highest BCUT2D eigenvalue weighted by Gasteiger charge is 2.33. The number of cyclic esters (lactones) is 1. The Morgan fingerprint density at radius 1 is 1.08 bits per heavy atom. The zero-order chi connectivity index (χ0) is 18.4. The summed E-state index contributed by atoms with van der Waals surface area (Å²) in [6.45, 7) is -0.0976. The van der Waals surface area contributed by atoms with Crippen LogP contribution in [-0.2, 0) is 27.2 Å². The van der Waals surface area contributed by atoms with Crippen LogP contribution in [0.5, 0.6) is 17.2 Å². The lowest BCUT2D eigenvalue weighted by molar-refractivity contribution is 0.0533. The van der Waals surface area contributed by atoms with Crippen LogP contribution in [0.25, 0.3) is 10.8 Å². The molecule has 1 heterocycles. The van der Waals surface area contributed by atoms with Crippen LogP contribution >= 0.6 is 0 Å². The molecule has 0 spiro atoms. The van der Waals surface area contributed by atoms with Gasteiger partial charge in [0.2, 0.25) is 0 Å². The highest BCUT2D eigenvalue weighted by Crippen LogP contribution is 2.44. The van der Waals surface area contributed by atoms with Crippen LogP contribution in [0.15, 0.2) is 12.1 Å². The lowest BCUT2D eigenvalue weighted by atomic mass is 9.94. The molecule has 25 heavy (non-hydrogen) atoms. The molecule has 0 saturated carbocycles. The van der Waals surface area contributed by atoms with Crippen molar-refractivity contribution in [2.75, 3.05) is 21.3 Å². The minimum atomic E-state index is -4.34. The van der Waals surface area contributed by atoms with Gasteiger partial charge in [-0.3, -0.25) is 4.55 Å². The summed E-state index contributed by atoms with van der Waals surface area (Å²) >= 11 is 0. The SMILES string of the molecule is COc1cc2c(CS(=O)(=O)O)c3c(c(OC)c2cc1OC)C(=O)OC3. The average Bonchev–Trinajstić information content (AvgIpc) is 2.94. The number of carbonyl (C=O) groups excluding carboxylic acids is 1. The fourth-order valence-electron chi connectivity index (χ4n) is 3.05. The summed E-state index contributed by atoms with van der Waals surface area (Å²) in [7, 11) is -0.0366. The number of benzene rings is 2. The molecule has 0 fully saturated rings. The Balaban J connectivity index is 2.48. The standard InChI is InChI=1S/C16H16O8S/c1-21-12-4-8-9(5-13(12)22-2)15(23-3)14-10(6-24-16(14)17)11(8)7-25(18,19)20/h4-5H,6-7H2,1-3H3,(H,18,19,20). The molecule has 1 N–H and O–H groups in total. The third-order valence-corrected chi connectivity index (χ3v) is 4.72. The van der Waals surface area contributed by atoms with E-state index in [4.69, 9.17) is 18.9 Å². The fourth-order valence-corrected chi connectivity index (χ4v) is 3.74. The first-order valence-electron chi connectivity index (χ1n) is 7.20. The second kappa shape index (κ2) is 6.08. The lowest BCUT2D eigenvalue weighted by Gasteiger charge is -2.17. The lowest BCUT2D eigenvalue weighted by Crippen LogP contribution is -2.08. The van der Waals surface area contributed by atoms with Gasteiger partial charge in [0, 0.05) is 10.9 Å². The van der Waals surface area contributed by atoms with Crippen molar-refractivity contribution in [1.29, 1.82) is 0 Å². The van der Waals surface area contributed by atoms with Gasteiger partial charge < -0.3 is 18.9 Å². The first kappa shape index (κ1) is 17.3. The maximum Gasteiger partial charge on any atom is 0.342 e. The summed E-state index contributed by atoms with van der Waals surface area (Å²) in [6, 6.07) is 3.17. The summed E-state index contributed by atoms with van der Waals surface area (Å²) in [6.07, 6.45) is 0. The molecule has 1 aliphatic rings. The number of rotatable bonds is 5. The Bertz CT molecular complexity index is 978. The van der Waals surface area contributed by atoms with Crippen LogP contribution in [0.1, 0.15) is 21.5 Å². The Morgan fingerprint density at radius 2 is 1.68 bits per heavy atom. The second-order valence-electron chi connectivity index (χ2n) is 5.42. The molecule has 8 nitrogen and oxygen atoms in total. The predicted molar refractivity (Wildman–Crippen MR) is 88.0 cm³/mol. The summed E-state index contributed by atoms with van der Waals surface area (Å²) in [5, 5.41) is 0.917. The molecular weight excluding hydrogens is 352 g/mol. The number of ether oxygens (including phenoxy) is 4. The first-order chi connectivity index (χ1) is 11.8. The highest BCUT2D eigenvalue weighted by molar-refractivity contribution is 7.85. The zero-order valence-electron chi connectivity index (χ0n) is 13.8. The summed E-state index contributed by atoms with van der Waals surface area (Å²) in [5.74, 6) is -0.258. The number of hydrogen-bond acceptors (Lipinski definition) is 7. The maximum absolute atomic E-state index is 12.1. The molecule has 0 bridgehead atoms. The van der Waals surface area contributed by atoms with Gasteiger partial charge in [0.05, 0.1) is 21.3 Å². The number of hydrogen-bond donors (Lipinski definition) is 1. The molecule has 0 saturated heterocycles. The van der Waals surface area contributed by atoms with Gasteiger partial charge in [0.15, 0.2) is 11.5 Å². The highest BCUT2D eigenvalue weighted by atomic mass is 32.2. The molecule has 0 amide bonds. The van der Waals surface area contributed by atoms with Crippen LogP contribution in [0, 0.1) is 0 Å². The van der Waals surface area contributed by atoms with Gasteiger partial charge in [-0.1, -0.05) is 0 Å². The molecule has 0 aromatic heterocycles. The fraction of sp³-hybridized carbons (Fsp3) is 0.312. The van der Waals surface area contributed by atoms with Crippen LogP contribution < -0.4 is 14.2 Å². The van der Waals surface area contributed by atoms with E-state index in [9.17, 15) is 17.8 Å². The molecule has 9 heteroatoms. The van der Waals surface area contributed by atoms with Crippen molar-refractivity contribution in [3.8, 4) is 17.2 Å². The number of carbonyl (C=O) groups is 1. The van der Waals surface area contributed by atoms with Gasteiger partial charge in [-0.15, -0.1) is 0 Å². The molecule has 0 atom stereocenters. The van der Waals surface area contributed by atoms with Crippen LogP contribution in [-0.4, -0.2) is 40.3 Å². The van der Waals surface area contributed by atoms with Crippen molar-refractivity contribution >= 4 is 26.9 Å². The van der Waals surface area contributed by atoms with E-state index in [0.717, 1.165) is 0 Å². The van der Waals surface area contributed by atoms with Crippen molar-refractivity contribution in [2.24, 2.45) is 0 Å². The molecule has 1 aliphatic heterocycles. The van der Waals surface area contributed by atoms with Crippen molar-refractivity contribution in [1.82, 2.24) is 0 Å². The summed E-state index contributed by atoms with van der Waals surface area (Å²) < 4.78 is 53.3. The van der Waals surface area contributed by atoms with Crippen LogP contribution in [0.2, 0.25) is 0 Å². The van der Waals surface area contributed by atoms with E-state index in [1.54, 1.807) is 12.1 Å². The van der Waals surface area contributed by atoms with Gasteiger partial charge in [0.1, 0.15) is 23.7 Å². The summed E-state index contributed by atoms with van der Waals surface area (Å²) in [5.41, 5.74) is 0.792. The Morgan fingerprint density at radius 3 is 2.20 bits per heavy atom. The zero-order valence-corrected chi connectivity index (χ0v) is 14.6. The number of methoxy groups -OCH3 is 3. The topological polar surface area (TPSA) is 108 Å². The molecule has 3 rings (SSSR count). The van der Waals surface area contributed by atoms with Crippen LogP contribution in [0.4, 0.5) is 0 Å². The van der Waals surface area contributed by atoms with Gasteiger partial charge in [-0.25, -0.2) is 4.79 Å². The largest absolute Gasteiger partial charge is 0.495 e. The van der Waals surface area contributed by atoms with Gasteiger partial charge in [-0.2, -0.15) is 8.42 Å². The van der Waals surface area contributed by atoms with E-state index in [2.05, 4.69) is 0 Å². The maximum atomic E-state index is 12.1. The predicted octanol–water partition coefficient (Wildman–Crippen LogP) is 1.92. The quantitative estimate of drug-likeness (QED) is 0.630. The minimum absolute atomic E-state index is 0.0976. The van der Waals surface area contributed by atoms with Gasteiger partial charge >= 0.3 is 5.97 Å². The van der Waals surface area contributed by atoms with Crippen molar-refractivity contribution in [3.63, 3.8) is 0 Å². The molecule has 134 valence electrons. The van der Waals surface area contributed by atoms with Gasteiger partial charge in [0.25, 0.3) is 10.1 Å². The van der Waals surface area contributed by atoms with E-state index < -0.39 is 21.8 Å². The van der Waals surface area contributed by atoms with E-state index >= 15 is 0 Å². The second-order valence-corrected chi connectivity index (χ2v) is 6.87. The van der Waals surface area contributed by atoms with E-state index in [1.807, 2.05) is 0 Å². The normalized spacial score (nSPS) is 13.5. The average molecular weight is 368 g/mol. The van der Waals surface area contributed by atoms with E-state index in [1.165, 1.54) is 21.3 Å². The third kappa shape index (κ3) is 2.85. The minimum Gasteiger partial charge on any atom is -0.495 e. The Kier molecular flexibility index (Phi) is 4.21. The third-order valence-electron chi connectivity index (χ3n) is 4.07. The van der Waals surface area contributed by atoms with Crippen molar-refractivity contribution in [2.45, 2.75) is 12.4 Å². The Hall–Kier alpha value is -2.52. The molecule has 0 radical (unpaired) electrons. The molecule has 0 unspecified atom stereocenters. The van der Waals surface area contributed by atoms with E-state index in [0.29, 0.717) is 27.8 Å². The Labute approximate surface area is 144 Å². The number of esters is 1. The van der Waals surface area contributed by atoms with Crippen LogP contribution in [0.3, 0.4) is 0 Å². The smallest absolute Gasteiger partial charge is 0.342 e. The molecule has 2 aromatic carbocycles. The molecule has 0 aliphatic carbocycles. The molecule has 2 aromatic rings.